The fraction of sp³-hybridized carbons (Fsp3) is 0.348. The van der Waals surface area contributed by atoms with Crippen LogP contribution < -0.4 is 0 Å². The van der Waals surface area contributed by atoms with E-state index in [0.29, 0.717) is 32.5 Å². The van der Waals surface area contributed by atoms with Crippen LogP contribution >= 0.6 is 0 Å². The minimum Gasteiger partial charge on any atom is -0.466 e. The first-order valence-electron chi connectivity index (χ1n) is 10.1. The monoisotopic (exact) mass is 391 g/mol. The van der Waals surface area contributed by atoms with Gasteiger partial charge < -0.3 is 9.64 Å². The molecule has 0 aliphatic carbocycles. The lowest BCUT2D eigenvalue weighted by atomic mass is 9.97. The van der Waals surface area contributed by atoms with Crippen molar-refractivity contribution in [1.82, 2.24) is 14.7 Å². The topological polar surface area (TPSA) is 64.4 Å². The Morgan fingerprint density at radius 3 is 2.45 bits per heavy atom. The number of hydrogen-bond acceptors (Lipinski definition) is 4. The number of aromatic nitrogens is 2. The van der Waals surface area contributed by atoms with Gasteiger partial charge in [0.15, 0.2) is 0 Å². The minimum absolute atomic E-state index is 0.0279. The van der Waals surface area contributed by atoms with Crippen LogP contribution in [-0.4, -0.2) is 46.3 Å². The van der Waals surface area contributed by atoms with Crippen LogP contribution in [-0.2, 0) is 20.9 Å². The molecule has 0 saturated carbocycles. The maximum Gasteiger partial charge on any atom is 0.309 e. The molecule has 0 radical (unpaired) electrons. The molecule has 1 fully saturated rings. The van der Waals surface area contributed by atoms with E-state index >= 15 is 0 Å². The lowest BCUT2D eigenvalue weighted by Gasteiger charge is -2.30. The Morgan fingerprint density at radius 2 is 1.72 bits per heavy atom. The van der Waals surface area contributed by atoms with Crippen LogP contribution in [0.15, 0.2) is 54.6 Å². The summed E-state index contributed by atoms with van der Waals surface area (Å²) in [6.45, 7) is 3.56. The molecule has 1 amide bonds. The normalized spacial score (nSPS) is 14.9. The van der Waals surface area contributed by atoms with Crippen LogP contribution in [0.4, 0.5) is 0 Å². The molecule has 1 aromatic heterocycles. The van der Waals surface area contributed by atoms with Gasteiger partial charge in [-0.15, -0.1) is 0 Å². The van der Waals surface area contributed by atoms with E-state index in [1.807, 2.05) is 66.4 Å². The smallest absolute Gasteiger partial charge is 0.309 e. The van der Waals surface area contributed by atoms with Crippen LogP contribution in [0.1, 0.15) is 19.8 Å². The number of carbonyl (C=O) groups is 2. The van der Waals surface area contributed by atoms with E-state index in [1.165, 1.54) is 0 Å². The van der Waals surface area contributed by atoms with Gasteiger partial charge in [-0.3, -0.25) is 14.3 Å². The highest BCUT2D eigenvalue weighted by atomic mass is 16.5. The summed E-state index contributed by atoms with van der Waals surface area (Å²) in [5, 5.41) is 5.79. The molecular formula is C23H25N3O3. The second kappa shape index (κ2) is 8.47. The van der Waals surface area contributed by atoms with Gasteiger partial charge in [0.2, 0.25) is 5.91 Å². The van der Waals surface area contributed by atoms with Gasteiger partial charge in [0.1, 0.15) is 12.2 Å². The predicted octanol–water partition coefficient (Wildman–Crippen LogP) is 3.51. The molecule has 2 aromatic carbocycles. The van der Waals surface area contributed by atoms with E-state index in [9.17, 15) is 9.59 Å². The zero-order valence-electron chi connectivity index (χ0n) is 16.6. The fourth-order valence-corrected chi connectivity index (χ4v) is 3.91. The van der Waals surface area contributed by atoms with E-state index in [1.54, 1.807) is 4.68 Å². The Morgan fingerprint density at radius 1 is 1.03 bits per heavy atom. The zero-order valence-corrected chi connectivity index (χ0v) is 16.6. The maximum atomic E-state index is 12.9. The molecule has 0 N–H and O–H groups in total. The summed E-state index contributed by atoms with van der Waals surface area (Å²) >= 11 is 0. The van der Waals surface area contributed by atoms with Gasteiger partial charge in [-0.25, -0.2) is 0 Å². The molecule has 6 heteroatoms. The number of para-hydroxylation sites is 1. The average Bonchev–Trinajstić information content (AvgIpc) is 3.13. The Hall–Kier alpha value is -3.15. The Labute approximate surface area is 170 Å². The summed E-state index contributed by atoms with van der Waals surface area (Å²) in [5.74, 6) is -0.223. The Kier molecular flexibility index (Phi) is 5.60. The molecular weight excluding hydrogens is 366 g/mol. The number of likely N-dealkylation sites (tertiary alicyclic amines) is 1. The quantitative estimate of drug-likeness (QED) is 0.625. The predicted molar refractivity (Wildman–Crippen MR) is 111 cm³/mol. The lowest BCUT2D eigenvalue weighted by molar-refractivity contribution is -0.151. The number of rotatable bonds is 5. The first kappa shape index (κ1) is 19.2. The van der Waals surface area contributed by atoms with Gasteiger partial charge in [0.05, 0.1) is 18.0 Å². The zero-order chi connectivity index (χ0) is 20.2. The van der Waals surface area contributed by atoms with E-state index in [0.717, 1.165) is 22.2 Å². The fourth-order valence-electron chi connectivity index (χ4n) is 3.91. The van der Waals surface area contributed by atoms with Crippen molar-refractivity contribution in [2.45, 2.75) is 26.3 Å². The van der Waals surface area contributed by atoms with Gasteiger partial charge >= 0.3 is 5.97 Å². The Balaban J connectivity index is 1.50. The summed E-state index contributed by atoms with van der Waals surface area (Å²) in [4.78, 5) is 26.6. The van der Waals surface area contributed by atoms with Crippen molar-refractivity contribution in [2.75, 3.05) is 19.7 Å². The van der Waals surface area contributed by atoms with E-state index < -0.39 is 0 Å². The molecule has 150 valence electrons. The third kappa shape index (κ3) is 4.01. The molecule has 0 atom stereocenters. The highest BCUT2D eigenvalue weighted by Gasteiger charge is 2.28. The summed E-state index contributed by atoms with van der Waals surface area (Å²) in [5.41, 5.74) is 2.86. The average molecular weight is 391 g/mol. The summed E-state index contributed by atoms with van der Waals surface area (Å²) in [6, 6.07) is 18.0. The van der Waals surface area contributed by atoms with Crippen LogP contribution in [0.2, 0.25) is 0 Å². The van der Waals surface area contributed by atoms with Gasteiger partial charge in [-0.2, -0.15) is 5.10 Å². The number of amides is 1. The molecule has 0 spiro atoms. The van der Waals surface area contributed by atoms with Gasteiger partial charge in [0.25, 0.3) is 0 Å². The molecule has 1 saturated heterocycles. The van der Waals surface area contributed by atoms with Crippen molar-refractivity contribution in [3.63, 3.8) is 0 Å². The molecule has 4 rings (SSSR count). The Bertz CT molecular complexity index is 1000. The molecule has 0 bridgehead atoms. The van der Waals surface area contributed by atoms with Gasteiger partial charge in [-0.05, 0) is 25.8 Å². The van der Waals surface area contributed by atoms with Crippen molar-refractivity contribution in [3.05, 3.63) is 54.6 Å². The SMILES string of the molecule is CCOC(=O)C1CCN(C(=O)Cn2nc(-c3ccccc3)c3ccccc32)CC1. The first-order chi connectivity index (χ1) is 14.2. The maximum absolute atomic E-state index is 12.9. The summed E-state index contributed by atoms with van der Waals surface area (Å²) in [7, 11) is 0. The number of esters is 1. The number of carbonyl (C=O) groups excluding carboxylic acids is 2. The number of piperidine rings is 1. The summed E-state index contributed by atoms with van der Waals surface area (Å²) < 4.78 is 6.90. The second-order valence-electron chi connectivity index (χ2n) is 7.30. The lowest BCUT2D eigenvalue weighted by Crippen LogP contribution is -2.42. The third-order valence-corrected chi connectivity index (χ3v) is 5.46. The first-order valence-corrected chi connectivity index (χ1v) is 10.1. The number of benzene rings is 2. The highest BCUT2D eigenvalue weighted by Crippen LogP contribution is 2.28. The highest BCUT2D eigenvalue weighted by molar-refractivity contribution is 5.94. The van der Waals surface area contributed by atoms with Gasteiger partial charge in [0, 0.05) is 24.0 Å². The molecule has 3 aromatic rings. The number of hydrogen-bond donors (Lipinski definition) is 0. The summed E-state index contributed by atoms with van der Waals surface area (Å²) in [6.07, 6.45) is 1.30. The van der Waals surface area contributed by atoms with E-state index in [4.69, 9.17) is 9.84 Å². The molecule has 1 aliphatic heterocycles. The van der Waals surface area contributed by atoms with E-state index in [2.05, 4.69) is 0 Å². The van der Waals surface area contributed by atoms with Crippen LogP contribution in [0, 0.1) is 5.92 Å². The van der Waals surface area contributed by atoms with Crippen molar-refractivity contribution >= 4 is 22.8 Å². The third-order valence-electron chi connectivity index (χ3n) is 5.46. The number of ether oxygens (including phenoxy) is 1. The van der Waals surface area contributed by atoms with Crippen LogP contribution in [0.3, 0.4) is 0 Å². The molecule has 2 heterocycles. The minimum atomic E-state index is -0.148. The standard InChI is InChI=1S/C23H25N3O3/c1-2-29-23(28)18-12-14-25(15-13-18)21(27)16-26-20-11-7-6-10-19(20)22(24-26)17-8-4-3-5-9-17/h3-11,18H,2,12-16H2,1H3. The second-order valence-corrected chi connectivity index (χ2v) is 7.30. The number of fused-ring (bicyclic) bond motifs is 1. The number of nitrogens with zero attached hydrogens (tertiary/aromatic N) is 3. The van der Waals surface area contributed by atoms with Crippen molar-refractivity contribution in [1.29, 1.82) is 0 Å². The molecule has 1 aliphatic rings. The van der Waals surface area contributed by atoms with E-state index in [-0.39, 0.29) is 24.3 Å². The van der Waals surface area contributed by atoms with Crippen LogP contribution in [0.5, 0.6) is 0 Å². The molecule has 6 nitrogen and oxygen atoms in total. The van der Waals surface area contributed by atoms with Crippen LogP contribution in [0.25, 0.3) is 22.2 Å². The largest absolute Gasteiger partial charge is 0.466 e. The van der Waals surface area contributed by atoms with Gasteiger partial charge in [-0.1, -0.05) is 48.5 Å². The van der Waals surface area contributed by atoms with Crippen molar-refractivity contribution < 1.29 is 14.3 Å². The molecule has 0 unspecified atom stereocenters. The van der Waals surface area contributed by atoms with Crippen molar-refractivity contribution in [2.24, 2.45) is 5.92 Å². The molecule has 29 heavy (non-hydrogen) atoms. The van der Waals surface area contributed by atoms with Crippen molar-refractivity contribution in [3.8, 4) is 11.3 Å².